The van der Waals surface area contributed by atoms with Gasteiger partial charge in [-0.1, -0.05) is 26.7 Å². The van der Waals surface area contributed by atoms with Crippen LogP contribution in [0.3, 0.4) is 0 Å². The second-order valence-corrected chi connectivity index (χ2v) is 3.63. The highest BCUT2D eigenvalue weighted by Gasteiger charge is 2.03. The molecule has 0 saturated heterocycles. The van der Waals surface area contributed by atoms with Crippen LogP contribution in [0.4, 0.5) is 5.82 Å². The van der Waals surface area contributed by atoms with Crippen molar-refractivity contribution in [2.75, 3.05) is 11.9 Å². The minimum Gasteiger partial charge on any atom is -0.390 e. The molecule has 0 atom stereocenters. The van der Waals surface area contributed by atoms with Gasteiger partial charge in [-0.3, -0.25) is 0 Å². The lowest BCUT2D eigenvalue weighted by Gasteiger charge is -2.13. The Hall–Kier alpha value is -1.16. The largest absolute Gasteiger partial charge is 0.390 e. The first kappa shape index (κ1) is 11.9. The SMILES string of the molecule is CCC(CC)CNc1ccc(CO)nn1. The topological polar surface area (TPSA) is 58.0 Å². The van der Waals surface area contributed by atoms with Crippen LogP contribution in [0.15, 0.2) is 12.1 Å². The zero-order valence-electron chi connectivity index (χ0n) is 9.40. The molecule has 2 N–H and O–H groups in total. The molecule has 0 spiro atoms. The summed E-state index contributed by atoms with van der Waals surface area (Å²) in [6.45, 7) is 5.26. The van der Waals surface area contributed by atoms with E-state index in [2.05, 4.69) is 29.4 Å². The monoisotopic (exact) mass is 209 g/mol. The van der Waals surface area contributed by atoms with E-state index >= 15 is 0 Å². The van der Waals surface area contributed by atoms with Crippen molar-refractivity contribution in [1.29, 1.82) is 0 Å². The van der Waals surface area contributed by atoms with E-state index in [0.29, 0.717) is 11.6 Å². The van der Waals surface area contributed by atoms with Crippen molar-refractivity contribution in [3.63, 3.8) is 0 Å². The maximum atomic E-state index is 8.80. The van der Waals surface area contributed by atoms with Crippen molar-refractivity contribution in [1.82, 2.24) is 10.2 Å². The van der Waals surface area contributed by atoms with Crippen LogP contribution in [0.1, 0.15) is 32.4 Å². The van der Waals surface area contributed by atoms with Gasteiger partial charge in [-0.05, 0) is 18.1 Å². The molecule has 0 aliphatic heterocycles. The number of rotatable bonds is 6. The highest BCUT2D eigenvalue weighted by molar-refractivity contribution is 5.32. The highest BCUT2D eigenvalue weighted by Crippen LogP contribution is 2.09. The number of aliphatic hydroxyl groups is 1. The number of hydrogen-bond acceptors (Lipinski definition) is 4. The molecule has 4 heteroatoms. The van der Waals surface area contributed by atoms with E-state index in [9.17, 15) is 0 Å². The van der Waals surface area contributed by atoms with Crippen LogP contribution in [-0.4, -0.2) is 21.8 Å². The summed E-state index contributed by atoms with van der Waals surface area (Å²) < 4.78 is 0. The average molecular weight is 209 g/mol. The minimum atomic E-state index is -0.0557. The fourth-order valence-corrected chi connectivity index (χ4v) is 1.36. The first-order chi connectivity index (χ1) is 7.30. The molecule has 15 heavy (non-hydrogen) atoms. The lowest BCUT2D eigenvalue weighted by Crippen LogP contribution is -2.13. The van der Waals surface area contributed by atoms with Crippen LogP contribution in [0.5, 0.6) is 0 Å². The van der Waals surface area contributed by atoms with Gasteiger partial charge in [-0.2, -0.15) is 5.10 Å². The maximum absolute atomic E-state index is 8.80. The zero-order valence-corrected chi connectivity index (χ0v) is 9.40. The van der Waals surface area contributed by atoms with Gasteiger partial charge in [-0.15, -0.1) is 5.10 Å². The number of aromatic nitrogens is 2. The molecule has 0 saturated carbocycles. The quantitative estimate of drug-likeness (QED) is 0.750. The van der Waals surface area contributed by atoms with E-state index < -0.39 is 0 Å². The lowest BCUT2D eigenvalue weighted by molar-refractivity contribution is 0.275. The smallest absolute Gasteiger partial charge is 0.148 e. The number of nitrogens with zero attached hydrogens (tertiary/aromatic N) is 2. The van der Waals surface area contributed by atoms with Crippen LogP contribution in [-0.2, 0) is 6.61 Å². The van der Waals surface area contributed by atoms with E-state index in [0.717, 1.165) is 12.4 Å². The van der Waals surface area contributed by atoms with Gasteiger partial charge in [0.15, 0.2) is 0 Å². The fraction of sp³-hybridized carbons (Fsp3) is 0.636. The standard InChI is InChI=1S/C11H19N3O/c1-3-9(4-2)7-12-11-6-5-10(8-15)13-14-11/h5-6,9,15H,3-4,7-8H2,1-2H3,(H,12,14). The summed E-state index contributed by atoms with van der Waals surface area (Å²) in [5.74, 6) is 1.46. The third kappa shape index (κ3) is 3.83. The second-order valence-electron chi connectivity index (χ2n) is 3.63. The van der Waals surface area contributed by atoms with E-state index in [1.54, 1.807) is 6.07 Å². The fourth-order valence-electron chi connectivity index (χ4n) is 1.36. The molecule has 0 aliphatic rings. The van der Waals surface area contributed by atoms with Gasteiger partial charge >= 0.3 is 0 Å². The second kappa shape index (κ2) is 6.35. The highest BCUT2D eigenvalue weighted by atomic mass is 16.3. The molecule has 0 bridgehead atoms. The van der Waals surface area contributed by atoms with E-state index in [4.69, 9.17) is 5.11 Å². The summed E-state index contributed by atoms with van der Waals surface area (Å²) in [6, 6.07) is 3.63. The van der Waals surface area contributed by atoms with Crippen molar-refractivity contribution in [2.24, 2.45) is 5.92 Å². The molecular formula is C11H19N3O. The van der Waals surface area contributed by atoms with Crippen molar-refractivity contribution in [3.8, 4) is 0 Å². The molecule has 84 valence electrons. The van der Waals surface area contributed by atoms with Crippen molar-refractivity contribution in [2.45, 2.75) is 33.3 Å². The Kier molecular flexibility index (Phi) is 5.04. The predicted molar refractivity (Wildman–Crippen MR) is 60.5 cm³/mol. The summed E-state index contributed by atoms with van der Waals surface area (Å²) in [7, 11) is 0. The van der Waals surface area contributed by atoms with Crippen LogP contribution < -0.4 is 5.32 Å². The predicted octanol–water partition coefficient (Wildman–Crippen LogP) is 1.82. The number of aliphatic hydroxyl groups excluding tert-OH is 1. The molecule has 4 nitrogen and oxygen atoms in total. The van der Waals surface area contributed by atoms with Gasteiger partial charge in [0.05, 0.1) is 12.3 Å². The lowest BCUT2D eigenvalue weighted by atomic mass is 10.0. The summed E-state index contributed by atoms with van der Waals surface area (Å²) in [5, 5.41) is 19.9. The van der Waals surface area contributed by atoms with Gasteiger partial charge in [0, 0.05) is 6.54 Å². The van der Waals surface area contributed by atoms with Crippen molar-refractivity contribution in [3.05, 3.63) is 17.8 Å². The Balaban J connectivity index is 2.43. The third-order valence-corrected chi connectivity index (χ3v) is 2.61. The van der Waals surface area contributed by atoms with Crippen molar-refractivity contribution >= 4 is 5.82 Å². The van der Waals surface area contributed by atoms with Crippen LogP contribution in [0, 0.1) is 5.92 Å². The van der Waals surface area contributed by atoms with Crippen molar-refractivity contribution < 1.29 is 5.11 Å². The van der Waals surface area contributed by atoms with Crippen LogP contribution in [0.25, 0.3) is 0 Å². The van der Waals surface area contributed by atoms with Crippen LogP contribution in [0.2, 0.25) is 0 Å². The Morgan fingerprint density at radius 1 is 1.27 bits per heavy atom. The summed E-state index contributed by atoms with van der Waals surface area (Å²) in [4.78, 5) is 0. The molecule has 0 aromatic carbocycles. The Morgan fingerprint density at radius 3 is 2.47 bits per heavy atom. The van der Waals surface area contributed by atoms with Gasteiger partial charge in [0.25, 0.3) is 0 Å². The molecule has 1 aromatic heterocycles. The summed E-state index contributed by atoms with van der Waals surface area (Å²) in [5.41, 5.74) is 0.600. The number of anilines is 1. The summed E-state index contributed by atoms with van der Waals surface area (Å²) in [6.07, 6.45) is 2.34. The first-order valence-electron chi connectivity index (χ1n) is 5.47. The maximum Gasteiger partial charge on any atom is 0.148 e. The molecular weight excluding hydrogens is 190 g/mol. The molecule has 1 heterocycles. The number of hydrogen-bond donors (Lipinski definition) is 2. The summed E-state index contributed by atoms with van der Waals surface area (Å²) >= 11 is 0. The molecule has 0 fully saturated rings. The molecule has 1 aromatic rings. The van der Waals surface area contributed by atoms with Gasteiger partial charge < -0.3 is 10.4 Å². The van der Waals surface area contributed by atoms with Crippen LogP contribution >= 0.6 is 0 Å². The Morgan fingerprint density at radius 2 is 2.00 bits per heavy atom. The average Bonchev–Trinajstić information content (AvgIpc) is 2.31. The van der Waals surface area contributed by atoms with Gasteiger partial charge in [-0.25, -0.2) is 0 Å². The molecule has 0 aliphatic carbocycles. The number of nitrogens with one attached hydrogen (secondary N) is 1. The normalized spacial score (nSPS) is 10.7. The van der Waals surface area contributed by atoms with Gasteiger partial charge in [0.1, 0.15) is 5.82 Å². The molecule has 0 unspecified atom stereocenters. The Labute approximate surface area is 90.7 Å². The van der Waals surface area contributed by atoms with E-state index in [1.165, 1.54) is 12.8 Å². The molecule has 1 rings (SSSR count). The van der Waals surface area contributed by atoms with Gasteiger partial charge in [0.2, 0.25) is 0 Å². The third-order valence-electron chi connectivity index (χ3n) is 2.61. The minimum absolute atomic E-state index is 0.0557. The molecule has 0 amide bonds. The molecule has 0 radical (unpaired) electrons. The Bertz CT molecular complexity index is 270. The van der Waals surface area contributed by atoms with E-state index in [-0.39, 0.29) is 6.61 Å². The first-order valence-corrected chi connectivity index (χ1v) is 5.47. The van der Waals surface area contributed by atoms with E-state index in [1.807, 2.05) is 6.07 Å². The zero-order chi connectivity index (χ0) is 11.1.